The van der Waals surface area contributed by atoms with E-state index in [1.54, 1.807) is 4.68 Å². The Bertz CT molecular complexity index is 683. The smallest absolute Gasteiger partial charge is 0.290 e. The van der Waals surface area contributed by atoms with Gasteiger partial charge in [-0.3, -0.25) is 4.79 Å². The molecule has 24 heavy (non-hydrogen) atoms. The molecule has 1 aromatic carbocycles. The number of carbonyl (C=O) groups is 1. The zero-order valence-corrected chi connectivity index (χ0v) is 15.4. The predicted octanol–water partition coefficient (Wildman–Crippen LogP) is 2.45. The average Bonchev–Trinajstić information content (AvgIpc) is 2.93. The van der Waals surface area contributed by atoms with Crippen LogP contribution in [0.15, 0.2) is 24.3 Å². The molecule has 0 saturated carbocycles. The topological polar surface area (TPSA) is 85.8 Å². The van der Waals surface area contributed by atoms with Crippen LogP contribution in [0.3, 0.4) is 0 Å². The number of hydrogen-bond donors (Lipinski definition) is 2. The number of aromatic nitrogens is 3. The first-order valence-electron chi connectivity index (χ1n) is 7.95. The maximum absolute atomic E-state index is 12.2. The van der Waals surface area contributed by atoms with Gasteiger partial charge in [-0.15, -0.1) is 17.5 Å². The summed E-state index contributed by atoms with van der Waals surface area (Å²) in [5, 5.41) is 7.21. The molecule has 1 heterocycles. The predicted molar refractivity (Wildman–Crippen MR) is 98.0 cm³/mol. The molecule has 7 heteroatoms. The molecule has 2 aromatic rings. The third-order valence-electron chi connectivity index (χ3n) is 3.77. The second-order valence-corrected chi connectivity index (χ2v) is 6.16. The maximum atomic E-state index is 12.2. The Balaban J connectivity index is 0.00000288. The number of para-hydroxylation sites is 1. The van der Waals surface area contributed by atoms with Crippen molar-refractivity contribution in [1.82, 2.24) is 20.1 Å². The van der Waals surface area contributed by atoms with Crippen LogP contribution < -0.4 is 11.1 Å². The largest absolute Gasteiger partial charge is 0.349 e. The number of carbonyl (C=O) groups excluding carboxylic acids is 1. The zero-order chi connectivity index (χ0) is 17.0. The molecule has 1 aromatic heterocycles. The van der Waals surface area contributed by atoms with E-state index in [0.717, 1.165) is 5.69 Å². The Hall–Kier alpha value is -1.92. The van der Waals surface area contributed by atoms with Gasteiger partial charge in [0.2, 0.25) is 5.82 Å². The van der Waals surface area contributed by atoms with Crippen molar-refractivity contribution in [2.24, 2.45) is 11.7 Å². The molecule has 1 amide bonds. The third-order valence-corrected chi connectivity index (χ3v) is 3.77. The summed E-state index contributed by atoms with van der Waals surface area (Å²) in [4.78, 5) is 16.5. The van der Waals surface area contributed by atoms with Gasteiger partial charge in [-0.25, -0.2) is 9.67 Å². The monoisotopic (exact) mass is 351 g/mol. The molecule has 1 unspecified atom stereocenters. The maximum Gasteiger partial charge on any atom is 0.290 e. The molecule has 0 aliphatic carbocycles. The van der Waals surface area contributed by atoms with E-state index in [1.807, 2.05) is 32.0 Å². The number of nitrogens with zero attached hydrogens (tertiary/aromatic N) is 3. The van der Waals surface area contributed by atoms with E-state index in [0.29, 0.717) is 24.8 Å². The summed E-state index contributed by atoms with van der Waals surface area (Å²) in [7, 11) is 0. The van der Waals surface area contributed by atoms with Gasteiger partial charge in [-0.2, -0.15) is 0 Å². The number of aryl methyl sites for hydroxylation is 1. The summed E-state index contributed by atoms with van der Waals surface area (Å²) in [5.41, 5.74) is 7.69. The molecule has 0 aliphatic rings. The molecule has 3 N–H and O–H groups in total. The average molecular weight is 352 g/mol. The van der Waals surface area contributed by atoms with Gasteiger partial charge in [-0.05, 0) is 36.9 Å². The van der Waals surface area contributed by atoms with Crippen LogP contribution in [0.1, 0.15) is 48.7 Å². The summed E-state index contributed by atoms with van der Waals surface area (Å²) >= 11 is 0. The van der Waals surface area contributed by atoms with Gasteiger partial charge < -0.3 is 11.1 Å². The lowest BCUT2D eigenvalue weighted by molar-refractivity contribution is 0.0938. The van der Waals surface area contributed by atoms with Gasteiger partial charge in [0.15, 0.2) is 0 Å². The van der Waals surface area contributed by atoms with Gasteiger partial charge in [0.05, 0.1) is 5.69 Å². The highest BCUT2D eigenvalue weighted by atomic mass is 35.5. The molecule has 0 saturated heterocycles. The van der Waals surface area contributed by atoms with E-state index >= 15 is 0 Å². The molecule has 132 valence electrons. The van der Waals surface area contributed by atoms with Crippen molar-refractivity contribution in [3.05, 3.63) is 41.5 Å². The van der Waals surface area contributed by atoms with Crippen LogP contribution >= 0.6 is 12.4 Å². The molecule has 6 nitrogen and oxygen atoms in total. The van der Waals surface area contributed by atoms with E-state index in [1.165, 1.54) is 5.56 Å². The van der Waals surface area contributed by atoms with Crippen molar-refractivity contribution < 1.29 is 4.79 Å². The van der Waals surface area contributed by atoms with Gasteiger partial charge in [-0.1, -0.05) is 39.0 Å². The molecule has 0 bridgehead atoms. The highest BCUT2D eigenvalue weighted by molar-refractivity contribution is 5.90. The van der Waals surface area contributed by atoms with Crippen LogP contribution in [0, 0.1) is 12.8 Å². The molecule has 2 rings (SSSR count). The molecule has 1 atom stereocenters. The first-order chi connectivity index (χ1) is 10.9. The minimum Gasteiger partial charge on any atom is -0.349 e. The van der Waals surface area contributed by atoms with E-state index in [-0.39, 0.29) is 30.1 Å². The second kappa shape index (κ2) is 8.80. The fourth-order valence-corrected chi connectivity index (χ4v) is 2.31. The fraction of sp³-hybridized carbons (Fsp3) is 0.471. The number of benzene rings is 1. The number of hydrogen-bond acceptors (Lipinski definition) is 4. The summed E-state index contributed by atoms with van der Waals surface area (Å²) in [6.45, 7) is 9.15. The molecule has 0 spiro atoms. The van der Waals surface area contributed by atoms with Crippen LogP contribution in [0.5, 0.6) is 0 Å². The molecule has 0 radical (unpaired) electrons. The van der Waals surface area contributed by atoms with Crippen LogP contribution in [0.4, 0.5) is 0 Å². The summed E-state index contributed by atoms with van der Waals surface area (Å²) in [6, 6.07) is 8.04. The van der Waals surface area contributed by atoms with Gasteiger partial charge in [0.25, 0.3) is 5.91 Å². The highest BCUT2D eigenvalue weighted by Crippen LogP contribution is 2.23. The molecule has 0 aliphatic heterocycles. The highest BCUT2D eigenvalue weighted by Gasteiger charge is 2.17. The first-order valence-corrected chi connectivity index (χ1v) is 7.95. The quantitative estimate of drug-likeness (QED) is 0.837. The fourth-order valence-electron chi connectivity index (χ4n) is 2.31. The van der Waals surface area contributed by atoms with Crippen molar-refractivity contribution in [1.29, 1.82) is 0 Å². The van der Waals surface area contributed by atoms with E-state index in [9.17, 15) is 4.79 Å². The van der Waals surface area contributed by atoms with Crippen LogP contribution in [0.2, 0.25) is 0 Å². The number of nitrogens with two attached hydrogens (primary N) is 1. The summed E-state index contributed by atoms with van der Waals surface area (Å²) in [5.74, 6) is 1.19. The van der Waals surface area contributed by atoms with Crippen molar-refractivity contribution in [2.45, 2.75) is 33.6 Å². The van der Waals surface area contributed by atoms with Crippen molar-refractivity contribution in [3.63, 3.8) is 0 Å². The summed E-state index contributed by atoms with van der Waals surface area (Å²) in [6.07, 6.45) is 0. The Morgan fingerprint density at radius 3 is 2.58 bits per heavy atom. The Morgan fingerprint density at radius 2 is 1.96 bits per heavy atom. The van der Waals surface area contributed by atoms with Gasteiger partial charge in [0, 0.05) is 6.54 Å². The Morgan fingerprint density at radius 1 is 1.29 bits per heavy atom. The van der Waals surface area contributed by atoms with Crippen molar-refractivity contribution in [3.8, 4) is 5.69 Å². The normalized spacial score (nSPS) is 11.9. The Labute approximate surface area is 149 Å². The van der Waals surface area contributed by atoms with E-state index < -0.39 is 0 Å². The van der Waals surface area contributed by atoms with Crippen LogP contribution in [0.25, 0.3) is 5.69 Å². The second-order valence-electron chi connectivity index (χ2n) is 6.16. The van der Waals surface area contributed by atoms with Crippen molar-refractivity contribution >= 4 is 18.3 Å². The van der Waals surface area contributed by atoms with Crippen LogP contribution in [-0.2, 0) is 0 Å². The number of nitrogens with one attached hydrogen (secondary N) is 1. The van der Waals surface area contributed by atoms with E-state index in [4.69, 9.17) is 5.73 Å². The number of amides is 1. The SMILES string of the molecule is Cc1nc(C(=O)NCC(C)CN)nn1-c1ccccc1C(C)C.Cl. The lowest BCUT2D eigenvalue weighted by Gasteiger charge is -2.12. The molecular formula is C17H26ClN5O. The van der Waals surface area contributed by atoms with Crippen molar-refractivity contribution in [2.75, 3.05) is 13.1 Å². The number of rotatable bonds is 6. The minimum absolute atomic E-state index is 0. The lowest BCUT2D eigenvalue weighted by Crippen LogP contribution is -2.32. The minimum atomic E-state index is -0.269. The zero-order valence-electron chi connectivity index (χ0n) is 14.6. The number of halogens is 1. The summed E-state index contributed by atoms with van der Waals surface area (Å²) < 4.78 is 1.73. The molecular weight excluding hydrogens is 326 g/mol. The first kappa shape index (κ1) is 20.1. The van der Waals surface area contributed by atoms with E-state index in [2.05, 4.69) is 35.3 Å². The standard InChI is InChI=1S/C17H25N5O.ClH/c1-11(2)14-7-5-6-8-15(14)22-13(4)20-16(21-22)17(23)19-10-12(3)9-18;/h5-8,11-12H,9-10,18H2,1-4H3,(H,19,23);1H. The molecule has 0 fully saturated rings. The van der Waals surface area contributed by atoms with Crippen LogP contribution in [-0.4, -0.2) is 33.8 Å². The van der Waals surface area contributed by atoms with Gasteiger partial charge >= 0.3 is 0 Å². The Kier molecular flexibility index (Phi) is 7.38. The third kappa shape index (κ3) is 4.55. The van der Waals surface area contributed by atoms with Gasteiger partial charge in [0.1, 0.15) is 5.82 Å². The lowest BCUT2D eigenvalue weighted by atomic mass is 10.0.